The van der Waals surface area contributed by atoms with Crippen LogP contribution in [-0.4, -0.2) is 69.9 Å². The number of nitrogens with two attached hydrogens (primary N) is 3. The van der Waals surface area contributed by atoms with Crippen molar-refractivity contribution in [2.45, 2.75) is 50.6 Å². The molecule has 0 radical (unpaired) electrons. The zero-order valence-electron chi connectivity index (χ0n) is 16.2. The van der Waals surface area contributed by atoms with Crippen molar-refractivity contribution in [2.24, 2.45) is 23.1 Å². The van der Waals surface area contributed by atoms with Gasteiger partial charge in [0.1, 0.15) is 18.4 Å². The molecule has 9 N–H and O–H groups in total. The predicted octanol–water partition coefficient (Wildman–Crippen LogP) is -1.33. The fraction of sp³-hybridized carbons (Fsp3) is 0.706. The third-order valence-electron chi connectivity index (χ3n) is 4.01. The Morgan fingerprint density at radius 1 is 0.966 bits per heavy atom. The van der Waals surface area contributed by atoms with Gasteiger partial charge >= 0.3 is 11.9 Å². The number of unbranched alkanes of at least 4 members (excludes halogenated alkanes) is 1. The van der Waals surface area contributed by atoms with E-state index in [1.54, 1.807) is 0 Å². The van der Waals surface area contributed by atoms with Gasteiger partial charge in [-0.1, -0.05) is 18.2 Å². The van der Waals surface area contributed by atoms with Crippen molar-refractivity contribution >= 4 is 40.5 Å². The summed E-state index contributed by atoms with van der Waals surface area (Å²) in [6, 6.07) is -1.92. The third-order valence-corrected chi connectivity index (χ3v) is 5.17. The van der Waals surface area contributed by atoms with E-state index in [1.807, 2.05) is 0 Å². The Bertz CT molecular complexity index is 588. The van der Waals surface area contributed by atoms with Crippen molar-refractivity contribution in [3.05, 3.63) is 0 Å². The molecular weight excluding hydrogens is 404 g/mol. The fourth-order valence-electron chi connectivity index (χ4n) is 2.27. The first-order valence-corrected chi connectivity index (χ1v) is 10.2. The van der Waals surface area contributed by atoms with Crippen LogP contribution in [-0.2, 0) is 24.0 Å². The van der Waals surface area contributed by atoms with Crippen LogP contribution in [0.2, 0.25) is 0 Å². The van der Waals surface area contributed by atoms with Gasteiger partial charge < -0.3 is 32.7 Å². The first kappa shape index (κ1) is 27.0. The van der Waals surface area contributed by atoms with E-state index < -0.39 is 48.2 Å². The Hall–Kier alpha value is -2.02. The molecule has 0 saturated carbocycles. The molecule has 0 heterocycles. The van der Waals surface area contributed by atoms with Gasteiger partial charge in [0.2, 0.25) is 11.0 Å². The maximum absolute atomic E-state index is 12.2. The zero-order valence-corrected chi connectivity index (χ0v) is 17.0. The lowest BCUT2D eigenvalue weighted by molar-refractivity contribution is -0.139. The molecule has 0 rings (SSSR count). The van der Waals surface area contributed by atoms with E-state index >= 15 is 0 Å². The van der Waals surface area contributed by atoms with Crippen LogP contribution in [0.4, 0.5) is 0 Å². The zero-order chi connectivity index (χ0) is 22.4. The van der Waals surface area contributed by atoms with Crippen molar-refractivity contribution in [1.29, 1.82) is 0 Å². The van der Waals surface area contributed by atoms with Crippen molar-refractivity contribution in [2.75, 3.05) is 18.8 Å². The normalized spacial score (nSPS) is 13.9. The van der Waals surface area contributed by atoms with Crippen LogP contribution in [0.5, 0.6) is 0 Å². The van der Waals surface area contributed by atoms with Gasteiger partial charge in [0.15, 0.2) is 0 Å². The van der Waals surface area contributed by atoms with Crippen molar-refractivity contribution in [3.8, 4) is 0 Å². The predicted molar refractivity (Wildman–Crippen MR) is 107 cm³/mol. The van der Waals surface area contributed by atoms with Gasteiger partial charge in [-0.05, 0) is 25.8 Å². The lowest BCUT2D eigenvalue weighted by Gasteiger charge is -2.16. The number of carbonyl (C=O) groups is 5. The number of aliphatic carboxylic acids is 2. The molecule has 0 unspecified atom stereocenters. The number of Topliss-reactive ketones (excluding diaryl/α,β-unsaturated/α-hetero) is 1. The van der Waals surface area contributed by atoms with Crippen molar-refractivity contribution in [1.82, 2.24) is 5.32 Å². The lowest BCUT2D eigenvalue weighted by atomic mass is 9.99. The molecular formula is C17H30N4O7S. The Morgan fingerprint density at radius 2 is 1.62 bits per heavy atom. The maximum Gasteiger partial charge on any atom is 0.322 e. The van der Waals surface area contributed by atoms with E-state index in [2.05, 4.69) is 5.32 Å². The molecule has 166 valence electrons. The molecule has 12 heteroatoms. The molecule has 3 atom stereocenters. The second-order valence-corrected chi connectivity index (χ2v) is 7.58. The number of nitrogens with one attached hydrogen (secondary N) is 1. The summed E-state index contributed by atoms with van der Waals surface area (Å²) in [7, 11) is 0. The van der Waals surface area contributed by atoms with E-state index in [-0.39, 0.29) is 30.1 Å². The Balaban J connectivity index is 4.77. The van der Waals surface area contributed by atoms with Crippen LogP contribution in [0, 0.1) is 5.92 Å². The van der Waals surface area contributed by atoms with E-state index in [4.69, 9.17) is 27.4 Å². The van der Waals surface area contributed by atoms with Gasteiger partial charge in [-0.3, -0.25) is 24.0 Å². The standard InChI is InChI=1S/C17H30N4O7S/c18-6-2-1-3-13(20)17(28)29-9-10(15(25)21-8-14(23)24)7-11(22)4-5-12(19)16(26)27/h10,12-13H,1-9,18-20H2,(H,21,25)(H,23,24)(H,26,27)/t10-,12-,13-/m0/s1. The summed E-state index contributed by atoms with van der Waals surface area (Å²) in [5.41, 5.74) is 16.5. The minimum atomic E-state index is -1.25. The summed E-state index contributed by atoms with van der Waals surface area (Å²) < 4.78 is 0. The van der Waals surface area contributed by atoms with Gasteiger partial charge in [-0.2, -0.15) is 0 Å². The highest BCUT2D eigenvalue weighted by Crippen LogP contribution is 2.18. The number of carboxylic acid groups (broad SMARTS) is 2. The number of carbonyl (C=O) groups excluding carboxylic acids is 3. The average molecular weight is 435 g/mol. The van der Waals surface area contributed by atoms with E-state index in [0.717, 1.165) is 18.2 Å². The summed E-state index contributed by atoms with van der Waals surface area (Å²) in [5, 5.41) is 19.3. The summed E-state index contributed by atoms with van der Waals surface area (Å²) in [4.78, 5) is 57.8. The molecule has 0 saturated heterocycles. The van der Waals surface area contributed by atoms with E-state index in [0.29, 0.717) is 19.4 Å². The summed E-state index contributed by atoms with van der Waals surface area (Å²) in [6.45, 7) is -0.127. The number of hydrogen-bond acceptors (Lipinski definition) is 9. The second kappa shape index (κ2) is 14.9. The fourth-order valence-corrected chi connectivity index (χ4v) is 3.23. The summed E-state index contributed by atoms with van der Waals surface area (Å²) >= 11 is 0.810. The molecule has 0 aromatic carbocycles. The Kier molecular flexibility index (Phi) is 13.9. The number of carboxylic acids is 2. The first-order valence-electron chi connectivity index (χ1n) is 9.20. The van der Waals surface area contributed by atoms with Crippen molar-refractivity contribution < 1.29 is 34.2 Å². The number of rotatable bonds is 16. The number of ketones is 1. The topological polar surface area (TPSA) is 216 Å². The highest BCUT2D eigenvalue weighted by Gasteiger charge is 2.25. The number of amides is 1. The van der Waals surface area contributed by atoms with Crippen LogP contribution >= 0.6 is 11.8 Å². The molecule has 29 heavy (non-hydrogen) atoms. The van der Waals surface area contributed by atoms with Gasteiger partial charge in [0, 0.05) is 18.6 Å². The molecule has 1 amide bonds. The second-order valence-electron chi connectivity index (χ2n) is 6.56. The minimum Gasteiger partial charge on any atom is -0.480 e. The highest BCUT2D eigenvalue weighted by molar-refractivity contribution is 8.13. The average Bonchev–Trinajstić information content (AvgIpc) is 2.66. The van der Waals surface area contributed by atoms with E-state index in [9.17, 15) is 24.0 Å². The quantitative estimate of drug-likeness (QED) is 0.156. The molecule has 0 fully saturated rings. The van der Waals surface area contributed by atoms with Crippen LogP contribution in [0.3, 0.4) is 0 Å². The molecule has 0 aliphatic heterocycles. The molecule has 0 aliphatic rings. The molecule has 0 aromatic heterocycles. The molecule has 0 spiro atoms. The third kappa shape index (κ3) is 12.9. The van der Waals surface area contributed by atoms with Gasteiger partial charge in [0.05, 0.1) is 12.0 Å². The van der Waals surface area contributed by atoms with Crippen LogP contribution in [0.15, 0.2) is 0 Å². The Labute approximate surface area is 173 Å². The van der Waals surface area contributed by atoms with E-state index in [1.165, 1.54) is 0 Å². The molecule has 11 nitrogen and oxygen atoms in total. The largest absolute Gasteiger partial charge is 0.480 e. The van der Waals surface area contributed by atoms with Crippen LogP contribution < -0.4 is 22.5 Å². The molecule has 0 aromatic rings. The maximum atomic E-state index is 12.2. The smallest absolute Gasteiger partial charge is 0.322 e. The van der Waals surface area contributed by atoms with Crippen molar-refractivity contribution in [3.63, 3.8) is 0 Å². The van der Waals surface area contributed by atoms with Gasteiger partial charge in [-0.25, -0.2) is 0 Å². The SMILES string of the molecule is NCCCC[C@H](N)C(=O)SC[C@H](CC(=O)CC[C@H](N)C(=O)O)C(=O)NCC(=O)O. The lowest BCUT2D eigenvalue weighted by Crippen LogP contribution is -2.37. The monoisotopic (exact) mass is 434 g/mol. The molecule has 0 bridgehead atoms. The summed E-state index contributed by atoms with van der Waals surface area (Å²) in [5.74, 6) is -4.57. The van der Waals surface area contributed by atoms with Gasteiger partial charge in [-0.15, -0.1) is 0 Å². The number of hydrogen-bond donors (Lipinski definition) is 6. The summed E-state index contributed by atoms with van der Waals surface area (Å²) in [6.07, 6.45) is 1.38. The minimum absolute atomic E-state index is 0.0500. The highest BCUT2D eigenvalue weighted by atomic mass is 32.2. The molecule has 0 aliphatic carbocycles. The Morgan fingerprint density at radius 3 is 2.17 bits per heavy atom. The van der Waals surface area contributed by atoms with Crippen LogP contribution in [0.1, 0.15) is 38.5 Å². The first-order chi connectivity index (χ1) is 13.6. The van der Waals surface area contributed by atoms with Gasteiger partial charge in [0.25, 0.3) is 0 Å². The number of thioether (sulfide) groups is 1. The van der Waals surface area contributed by atoms with Crippen LogP contribution in [0.25, 0.3) is 0 Å².